The SMILES string of the molecule is CCOc1cc(/C=C2\SC(=S)N(CCCC(=O)O)C2=O)ccc1OC. The lowest BCUT2D eigenvalue weighted by atomic mass is 10.2. The Morgan fingerprint density at radius 2 is 2.16 bits per heavy atom. The van der Waals surface area contributed by atoms with Gasteiger partial charge in [0.05, 0.1) is 18.6 Å². The fraction of sp³-hybridized carbons (Fsp3) is 0.353. The highest BCUT2D eigenvalue weighted by Crippen LogP contribution is 2.34. The normalized spacial score (nSPS) is 15.8. The van der Waals surface area contributed by atoms with Gasteiger partial charge in [-0.05, 0) is 37.1 Å². The van der Waals surface area contributed by atoms with Crippen molar-refractivity contribution >= 4 is 46.3 Å². The Morgan fingerprint density at radius 1 is 1.40 bits per heavy atom. The zero-order valence-electron chi connectivity index (χ0n) is 14.0. The molecule has 25 heavy (non-hydrogen) atoms. The lowest BCUT2D eigenvalue weighted by Crippen LogP contribution is -2.29. The summed E-state index contributed by atoms with van der Waals surface area (Å²) in [5.74, 6) is 0.146. The van der Waals surface area contributed by atoms with Gasteiger partial charge in [0, 0.05) is 13.0 Å². The molecule has 8 heteroatoms. The maximum Gasteiger partial charge on any atom is 0.303 e. The number of amides is 1. The molecule has 1 saturated heterocycles. The van der Waals surface area contributed by atoms with Crippen LogP contribution in [0.15, 0.2) is 23.1 Å². The maximum atomic E-state index is 12.5. The monoisotopic (exact) mass is 381 g/mol. The van der Waals surface area contributed by atoms with Gasteiger partial charge < -0.3 is 14.6 Å². The second-order valence-electron chi connectivity index (χ2n) is 5.17. The molecule has 0 saturated carbocycles. The molecule has 0 bridgehead atoms. The molecule has 0 unspecified atom stereocenters. The summed E-state index contributed by atoms with van der Waals surface area (Å²) in [4.78, 5) is 25.0. The second-order valence-corrected chi connectivity index (χ2v) is 6.85. The third-order valence-electron chi connectivity index (χ3n) is 3.43. The van der Waals surface area contributed by atoms with E-state index in [0.29, 0.717) is 40.3 Å². The van der Waals surface area contributed by atoms with Crippen LogP contribution in [-0.4, -0.2) is 46.5 Å². The Hall–Kier alpha value is -2.06. The van der Waals surface area contributed by atoms with Gasteiger partial charge in [0.25, 0.3) is 5.91 Å². The summed E-state index contributed by atoms with van der Waals surface area (Å²) in [5.41, 5.74) is 0.801. The lowest BCUT2D eigenvalue weighted by molar-refractivity contribution is -0.137. The van der Waals surface area contributed by atoms with E-state index < -0.39 is 5.97 Å². The molecular formula is C17H19NO5S2. The molecule has 0 spiro atoms. The number of hydrogen-bond donors (Lipinski definition) is 1. The van der Waals surface area contributed by atoms with Gasteiger partial charge in [0.1, 0.15) is 4.32 Å². The summed E-state index contributed by atoms with van der Waals surface area (Å²) in [7, 11) is 1.57. The van der Waals surface area contributed by atoms with E-state index in [1.807, 2.05) is 13.0 Å². The van der Waals surface area contributed by atoms with Crippen LogP contribution in [0.4, 0.5) is 0 Å². The number of nitrogens with zero attached hydrogens (tertiary/aromatic N) is 1. The number of thioether (sulfide) groups is 1. The standard InChI is InChI=1S/C17H19NO5S2/c1-3-23-13-9-11(6-7-12(13)22-2)10-14-16(21)18(17(24)25-14)8-4-5-15(19)20/h6-7,9-10H,3-5,8H2,1-2H3,(H,19,20)/b14-10-. The molecule has 134 valence electrons. The van der Waals surface area contributed by atoms with E-state index in [1.54, 1.807) is 25.3 Å². The Balaban J connectivity index is 2.15. The summed E-state index contributed by atoms with van der Waals surface area (Å²) < 4.78 is 11.2. The molecule has 1 fully saturated rings. The van der Waals surface area contributed by atoms with Gasteiger partial charge >= 0.3 is 5.97 Å². The molecule has 0 aliphatic carbocycles. The molecule has 1 aromatic carbocycles. The third kappa shape index (κ3) is 4.96. The smallest absolute Gasteiger partial charge is 0.303 e. The van der Waals surface area contributed by atoms with Gasteiger partial charge in [-0.1, -0.05) is 30.0 Å². The summed E-state index contributed by atoms with van der Waals surface area (Å²) >= 11 is 6.45. The van der Waals surface area contributed by atoms with E-state index >= 15 is 0 Å². The number of carboxylic acid groups (broad SMARTS) is 1. The number of rotatable bonds is 8. The van der Waals surface area contributed by atoms with Crippen LogP contribution in [0.2, 0.25) is 0 Å². The van der Waals surface area contributed by atoms with Crippen LogP contribution in [0.1, 0.15) is 25.3 Å². The summed E-state index contributed by atoms with van der Waals surface area (Å²) in [6, 6.07) is 5.42. The van der Waals surface area contributed by atoms with Crippen molar-refractivity contribution in [3.05, 3.63) is 28.7 Å². The quantitative estimate of drug-likeness (QED) is 0.547. The third-order valence-corrected chi connectivity index (χ3v) is 4.81. The number of hydrogen-bond acceptors (Lipinski definition) is 6. The average molecular weight is 381 g/mol. The number of ether oxygens (including phenoxy) is 2. The van der Waals surface area contributed by atoms with Crippen LogP contribution in [0.25, 0.3) is 6.08 Å². The Morgan fingerprint density at radius 3 is 2.80 bits per heavy atom. The molecule has 2 rings (SSSR count). The van der Waals surface area contributed by atoms with E-state index in [9.17, 15) is 9.59 Å². The maximum absolute atomic E-state index is 12.5. The lowest BCUT2D eigenvalue weighted by Gasteiger charge is -2.13. The minimum absolute atomic E-state index is 0.00625. The molecule has 0 radical (unpaired) electrons. The van der Waals surface area contributed by atoms with Crippen molar-refractivity contribution in [1.82, 2.24) is 4.90 Å². The Kier molecular flexibility index (Phi) is 6.83. The van der Waals surface area contributed by atoms with E-state index in [-0.39, 0.29) is 12.3 Å². The Labute approximate surface area is 155 Å². The minimum Gasteiger partial charge on any atom is -0.493 e. The largest absolute Gasteiger partial charge is 0.493 e. The van der Waals surface area contributed by atoms with E-state index in [1.165, 1.54) is 16.7 Å². The highest BCUT2D eigenvalue weighted by atomic mass is 32.2. The zero-order chi connectivity index (χ0) is 18.4. The van der Waals surface area contributed by atoms with Crippen LogP contribution >= 0.6 is 24.0 Å². The first-order valence-corrected chi connectivity index (χ1v) is 8.96. The second kappa shape index (κ2) is 8.87. The summed E-state index contributed by atoms with van der Waals surface area (Å²) in [6.07, 6.45) is 2.12. The van der Waals surface area contributed by atoms with Crippen LogP contribution in [-0.2, 0) is 9.59 Å². The first kappa shape index (κ1) is 19.3. The van der Waals surface area contributed by atoms with Crippen molar-refractivity contribution in [2.45, 2.75) is 19.8 Å². The molecule has 1 aromatic rings. The van der Waals surface area contributed by atoms with Crippen molar-refractivity contribution in [3.63, 3.8) is 0 Å². The number of carbonyl (C=O) groups excluding carboxylic acids is 1. The average Bonchev–Trinajstić information content (AvgIpc) is 2.82. The molecule has 1 N–H and O–H groups in total. The van der Waals surface area contributed by atoms with E-state index in [4.69, 9.17) is 26.8 Å². The highest BCUT2D eigenvalue weighted by molar-refractivity contribution is 8.26. The number of carbonyl (C=O) groups is 2. The summed E-state index contributed by atoms with van der Waals surface area (Å²) in [5, 5.41) is 8.70. The number of carboxylic acids is 1. The van der Waals surface area contributed by atoms with Gasteiger partial charge in [0.15, 0.2) is 11.5 Å². The molecule has 0 atom stereocenters. The van der Waals surface area contributed by atoms with Crippen molar-refractivity contribution in [2.75, 3.05) is 20.3 Å². The first-order valence-electron chi connectivity index (χ1n) is 7.74. The molecule has 6 nitrogen and oxygen atoms in total. The molecule has 1 amide bonds. The van der Waals surface area contributed by atoms with E-state index in [0.717, 1.165) is 5.56 Å². The topological polar surface area (TPSA) is 76.1 Å². The zero-order valence-corrected chi connectivity index (χ0v) is 15.6. The predicted octanol–water partition coefficient (Wildman–Crippen LogP) is 3.16. The van der Waals surface area contributed by atoms with Gasteiger partial charge in [-0.15, -0.1) is 0 Å². The van der Waals surface area contributed by atoms with Gasteiger partial charge in [-0.2, -0.15) is 0 Å². The van der Waals surface area contributed by atoms with Gasteiger partial charge in [-0.3, -0.25) is 14.5 Å². The fourth-order valence-electron chi connectivity index (χ4n) is 2.28. The van der Waals surface area contributed by atoms with Gasteiger partial charge in [-0.25, -0.2) is 0 Å². The number of thiocarbonyl (C=S) groups is 1. The van der Waals surface area contributed by atoms with Crippen molar-refractivity contribution < 1.29 is 24.2 Å². The fourth-order valence-corrected chi connectivity index (χ4v) is 3.59. The molecule has 1 heterocycles. The molecule has 1 aliphatic rings. The molecular weight excluding hydrogens is 362 g/mol. The van der Waals surface area contributed by atoms with Crippen molar-refractivity contribution in [1.29, 1.82) is 0 Å². The van der Waals surface area contributed by atoms with Gasteiger partial charge in [0.2, 0.25) is 0 Å². The van der Waals surface area contributed by atoms with Crippen LogP contribution in [0.5, 0.6) is 11.5 Å². The number of aliphatic carboxylic acids is 1. The van der Waals surface area contributed by atoms with Crippen molar-refractivity contribution in [3.8, 4) is 11.5 Å². The summed E-state index contributed by atoms with van der Waals surface area (Å²) in [6.45, 7) is 2.70. The van der Waals surface area contributed by atoms with Crippen LogP contribution in [0.3, 0.4) is 0 Å². The van der Waals surface area contributed by atoms with Crippen LogP contribution in [0, 0.1) is 0 Å². The number of benzene rings is 1. The molecule has 1 aliphatic heterocycles. The van der Waals surface area contributed by atoms with Crippen LogP contribution < -0.4 is 9.47 Å². The Bertz CT molecular complexity index is 717. The van der Waals surface area contributed by atoms with E-state index in [2.05, 4.69) is 0 Å². The first-order chi connectivity index (χ1) is 12.0. The minimum atomic E-state index is -0.886. The predicted molar refractivity (Wildman–Crippen MR) is 101 cm³/mol. The number of methoxy groups -OCH3 is 1. The molecule has 0 aromatic heterocycles. The highest BCUT2D eigenvalue weighted by Gasteiger charge is 2.31. The van der Waals surface area contributed by atoms with Crippen molar-refractivity contribution in [2.24, 2.45) is 0 Å².